The van der Waals surface area contributed by atoms with Crippen molar-refractivity contribution in [2.45, 2.75) is 6.61 Å². The van der Waals surface area contributed by atoms with Crippen LogP contribution in [0.2, 0.25) is 0 Å². The summed E-state index contributed by atoms with van der Waals surface area (Å²) in [6, 6.07) is 4.35. The van der Waals surface area contributed by atoms with Crippen molar-refractivity contribution in [3.63, 3.8) is 0 Å². The van der Waals surface area contributed by atoms with E-state index in [0.717, 1.165) is 15.6 Å². The highest BCUT2D eigenvalue weighted by Crippen LogP contribution is 2.29. The third kappa shape index (κ3) is 1.51. The Morgan fingerprint density at radius 2 is 2.14 bits per heavy atom. The van der Waals surface area contributed by atoms with Gasteiger partial charge in [0.1, 0.15) is 0 Å². The van der Waals surface area contributed by atoms with Crippen LogP contribution in [0, 0.1) is 11.6 Å². The highest BCUT2D eigenvalue weighted by molar-refractivity contribution is 7.19. The molecule has 0 aliphatic heterocycles. The molecule has 1 aromatic heterocycles. The number of halogens is 2. The van der Waals surface area contributed by atoms with E-state index in [0.29, 0.717) is 12.0 Å². The number of ether oxygens (including phenoxy) is 1. The molecule has 1 nitrogen and oxygen atoms in total. The largest absolute Gasteiger partial charge is 0.379 e. The zero-order valence-corrected chi connectivity index (χ0v) is 8.33. The lowest BCUT2D eigenvalue weighted by Crippen LogP contribution is -1.82. The van der Waals surface area contributed by atoms with Gasteiger partial charge >= 0.3 is 0 Å². The van der Waals surface area contributed by atoms with Crippen LogP contribution < -0.4 is 0 Å². The summed E-state index contributed by atoms with van der Waals surface area (Å²) < 4.78 is 31.8. The minimum Gasteiger partial charge on any atom is -0.379 e. The lowest BCUT2D eigenvalue weighted by atomic mass is 10.2. The van der Waals surface area contributed by atoms with Crippen LogP contribution in [0.5, 0.6) is 0 Å². The summed E-state index contributed by atoms with van der Waals surface area (Å²) in [4.78, 5) is 0.895. The molecular weight excluding hydrogens is 206 g/mol. The summed E-state index contributed by atoms with van der Waals surface area (Å²) in [5, 5.41) is 0.335. The first-order valence-corrected chi connectivity index (χ1v) is 4.89. The molecule has 2 aromatic rings. The van der Waals surface area contributed by atoms with Gasteiger partial charge in [-0.25, -0.2) is 8.78 Å². The molecule has 0 aliphatic rings. The number of fused-ring (bicyclic) bond motifs is 1. The van der Waals surface area contributed by atoms with Gasteiger partial charge in [0.05, 0.1) is 6.61 Å². The molecule has 0 fully saturated rings. The normalized spacial score (nSPS) is 11.1. The van der Waals surface area contributed by atoms with E-state index in [1.54, 1.807) is 19.2 Å². The van der Waals surface area contributed by atoms with Gasteiger partial charge in [0.15, 0.2) is 11.6 Å². The molecule has 0 unspecified atom stereocenters. The molecule has 1 aromatic carbocycles. The molecule has 0 amide bonds. The van der Waals surface area contributed by atoms with E-state index in [2.05, 4.69) is 0 Å². The molecule has 2 rings (SSSR count). The minimum atomic E-state index is -0.806. The average molecular weight is 214 g/mol. The van der Waals surface area contributed by atoms with Crippen molar-refractivity contribution in [1.29, 1.82) is 0 Å². The Balaban J connectivity index is 2.59. The highest BCUT2D eigenvalue weighted by Gasteiger charge is 2.10. The van der Waals surface area contributed by atoms with Gasteiger partial charge in [0.2, 0.25) is 0 Å². The van der Waals surface area contributed by atoms with E-state index in [1.165, 1.54) is 11.3 Å². The summed E-state index contributed by atoms with van der Waals surface area (Å²) in [5.74, 6) is -1.58. The molecule has 0 spiro atoms. The molecule has 0 radical (unpaired) electrons. The van der Waals surface area contributed by atoms with Crippen molar-refractivity contribution in [2.24, 2.45) is 0 Å². The van der Waals surface area contributed by atoms with Crippen molar-refractivity contribution in [1.82, 2.24) is 0 Å². The minimum absolute atomic E-state index is 0.335. The summed E-state index contributed by atoms with van der Waals surface area (Å²) >= 11 is 1.41. The molecule has 74 valence electrons. The number of benzene rings is 1. The van der Waals surface area contributed by atoms with Gasteiger partial charge in [0, 0.05) is 22.1 Å². The molecule has 4 heteroatoms. The summed E-state index contributed by atoms with van der Waals surface area (Å²) in [6.07, 6.45) is 0. The lowest BCUT2D eigenvalue weighted by Gasteiger charge is -1.92. The summed E-state index contributed by atoms with van der Waals surface area (Å²) in [7, 11) is 1.57. The van der Waals surface area contributed by atoms with Gasteiger partial charge in [-0.15, -0.1) is 11.3 Å². The molecule has 0 aliphatic carbocycles. The van der Waals surface area contributed by atoms with Gasteiger partial charge in [-0.2, -0.15) is 0 Å². The monoisotopic (exact) mass is 214 g/mol. The van der Waals surface area contributed by atoms with Crippen LogP contribution >= 0.6 is 11.3 Å². The number of hydrogen-bond donors (Lipinski definition) is 0. The second kappa shape index (κ2) is 3.63. The molecule has 1 heterocycles. The quantitative estimate of drug-likeness (QED) is 0.745. The van der Waals surface area contributed by atoms with E-state index in [9.17, 15) is 8.78 Å². The first-order valence-electron chi connectivity index (χ1n) is 4.07. The van der Waals surface area contributed by atoms with Crippen LogP contribution in [0.1, 0.15) is 4.88 Å². The Hall–Kier alpha value is -1.00. The van der Waals surface area contributed by atoms with Crippen LogP contribution in [0.3, 0.4) is 0 Å². The van der Waals surface area contributed by atoms with Gasteiger partial charge in [0.25, 0.3) is 0 Å². The molecule has 0 saturated carbocycles. The van der Waals surface area contributed by atoms with E-state index < -0.39 is 11.6 Å². The van der Waals surface area contributed by atoms with Crippen molar-refractivity contribution in [3.8, 4) is 0 Å². The third-order valence-electron chi connectivity index (χ3n) is 1.93. The number of thiophene rings is 1. The van der Waals surface area contributed by atoms with E-state index in [4.69, 9.17) is 4.74 Å². The van der Waals surface area contributed by atoms with E-state index in [1.807, 2.05) is 0 Å². The first kappa shape index (κ1) is 9.55. The first-order chi connectivity index (χ1) is 6.72. The fourth-order valence-electron chi connectivity index (χ4n) is 1.32. The van der Waals surface area contributed by atoms with E-state index >= 15 is 0 Å². The van der Waals surface area contributed by atoms with Crippen LogP contribution in [-0.4, -0.2) is 7.11 Å². The smallest absolute Gasteiger partial charge is 0.167 e. The average Bonchev–Trinajstić information content (AvgIpc) is 2.56. The van der Waals surface area contributed by atoms with Gasteiger partial charge in [-0.05, 0) is 18.2 Å². The zero-order valence-electron chi connectivity index (χ0n) is 7.51. The topological polar surface area (TPSA) is 9.23 Å². The fraction of sp³-hybridized carbons (Fsp3) is 0.200. The molecule has 14 heavy (non-hydrogen) atoms. The van der Waals surface area contributed by atoms with Gasteiger partial charge in [-0.3, -0.25) is 0 Å². The van der Waals surface area contributed by atoms with Crippen molar-refractivity contribution in [3.05, 3.63) is 34.7 Å². The maximum Gasteiger partial charge on any atom is 0.167 e. The van der Waals surface area contributed by atoms with Crippen molar-refractivity contribution >= 4 is 21.4 Å². The third-order valence-corrected chi connectivity index (χ3v) is 3.00. The van der Waals surface area contributed by atoms with Gasteiger partial charge in [-0.1, -0.05) is 0 Å². The van der Waals surface area contributed by atoms with Crippen LogP contribution in [0.15, 0.2) is 18.2 Å². The molecule has 0 atom stereocenters. The number of methoxy groups -OCH3 is 1. The maximum absolute atomic E-state index is 13.2. The van der Waals surface area contributed by atoms with Gasteiger partial charge < -0.3 is 4.74 Å². The number of hydrogen-bond acceptors (Lipinski definition) is 2. The SMILES string of the molecule is COCc1cc2c(F)c(F)ccc2s1. The lowest BCUT2D eigenvalue weighted by molar-refractivity contribution is 0.187. The Bertz CT molecular complexity index is 464. The fourth-order valence-corrected chi connectivity index (χ4v) is 2.35. The summed E-state index contributed by atoms with van der Waals surface area (Å²) in [6.45, 7) is 0.431. The van der Waals surface area contributed by atoms with E-state index in [-0.39, 0.29) is 0 Å². The molecular formula is C10H8F2OS. The van der Waals surface area contributed by atoms with Crippen LogP contribution in [0.4, 0.5) is 8.78 Å². The zero-order chi connectivity index (χ0) is 10.1. The number of rotatable bonds is 2. The second-order valence-electron chi connectivity index (χ2n) is 2.92. The Morgan fingerprint density at radius 3 is 2.86 bits per heavy atom. The van der Waals surface area contributed by atoms with Crippen LogP contribution in [-0.2, 0) is 11.3 Å². The molecule has 0 saturated heterocycles. The maximum atomic E-state index is 13.2. The second-order valence-corrected chi connectivity index (χ2v) is 4.09. The van der Waals surface area contributed by atoms with Crippen molar-refractivity contribution < 1.29 is 13.5 Å². The molecule has 0 bridgehead atoms. The molecule has 0 N–H and O–H groups in total. The Morgan fingerprint density at radius 1 is 1.36 bits per heavy atom. The standard InChI is InChI=1S/C10H8F2OS/c1-13-5-6-4-7-9(14-6)3-2-8(11)10(7)12/h2-4H,5H2,1H3. The Labute approximate surface area is 83.9 Å². The highest BCUT2D eigenvalue weighted by atomic mass is 32.1. The Kier molecular flexibility index (Phi) is 2.48. The predicted octanol–water partition coefficient (Wildman–Crippen LogP) is 3.33. The van der Waals surface area contributed by atoms with Crippen molar-refractivity contribution in [2.75, 3.05) is 7.11 Å². The summed E-state index contributed by atoms with van der Waals surface area (Å²) in [5.41, 5.74) is 0. The van der Waals surface area contributed by atoms with Crippen LogP contribution in [0.25, 0.3) is 10.1 Å². The predicted molar refractivity (Wildman–Crippen MR) is 52.5 cm³/mol.